The van der Waals surface area contributed by atoms with E-state index < -0.39 is 16.0 Å². The zero-order chi connectivity index (χ0) is 20.2. The van der Waals surface area contributed by atoms with Gasteiger partial charge in [0.05, 0.1) is 21.8 Å². The second-order valence-corrected chi connectivity index (χ2v) is 8.34. The molecule has 0 saturated carbocycles. The van der Waals surface area contributed by atoms with Crippen LogP contribution in [0.5, 0.6) is 0 Å². The van der Waals surface area contributed by atoms with Gasteiger partial charge in [0.25, 0.3) is 10.0 Å². The second-order valence-electron chi connectivity index (χ2n) is 6.69. The molecule has 0 aliphatic carbocycles. The van der Waals surface area contributed by atoms with Crippen molar-refractivity contribution in [3.8, 4) is 0 Å². The summed E-state index contributed by atoms with van der Waals surface area (Å²) in [6, 6.07) is 9.70. The van der Waals surface area contributed by atoms with Crippen molar-refractivity contribution in [1.29, 1.82) is 0 Å². The van der Waals surface area contributed by atoms with Crippen molar-refractivity contribution in [3.63, 3.8) is 0 Å². The number of aryl methyl sites for hydroxylation is 2. The molecule has 2 N–H and O–H groups in total. The third-order valence-corrected chi connectivity index (χ3v) is 5.89. The quantitative estimate of drug-likeness (QED) is 0.710. The lowest BCUT2D eigenvalue weighted by molar-refractivity contribution is 0.0697. The van der Waals surface area contributed by atoms with Crippen molar-refractivity contribution in [2.45, 2.75) is 38.5 Å². The third-order valence-electron chi connectivity index (χ3n) is 4.38. The number of rotatable bonds is 8. The van der Waals surface area contributed by atoms with Gasteiger partial charge in [-0.2, -0.15) is 0 Å². The van der Waals surface area contributed by atoms with Crippen molar-refractivity contribution >= 4 is 27.4 Å². The standard InChI is InChI=1S/C20H26N2O4S/c1-5-6-11-22(4)18-10-9-16(20(23)24)13-17(18)21-27(25,26)19-12-14(2)7-8-15(19)3/h7-10,12-13,21H,5-6,11H2,1-4H3,(H,23,24). The minimum absolute atomic E-state index is 0.0290. The van der Waals surface area contributed by atoms with E-state index in [4.69, 9.17) is 0 Å². The third kappa shape index (κ3) is 5.01. The Morgan fingerprint density at radius 2 is 1.85 bits per heavy atom. The summed E-state index contributed by atoms with van der Waals surface area (Å²) in [6.45, 7) is 6.37. The maximum absolute atomic E-state index is 13.0. The van der Waals surface area contributed by atoms with Crippen molar-refractivity contribution < 1.29 is 18.3 Å². The predicted molar refractivity (Wildman–Crippen MR) is 108 cm³/mol. The summed E-state index contributed by atoms with van der Waals surface area (Å²) < 4.78 is 28.5. The number of hydrogen-bond acceptors (Lipinski definition) is 4. The van der Waals surface area contributed by atoms with Crippen LogP contribution >= 0.6 is 0 Å². The number of aromatic carboxylic acids is 1. The second kappa shape index (κ2) is 8.43. The Morgan fingerprint density at radius 3 is 2.48 bits per heavy atom. The van der Waals surface area contributed by atoms with Gasteiger partial charge in [-0.1, -0.05) is 25.5 Å². The van der Waals surface area contributed by atoms with Crippen molar-refractivity contribution in [1.82, 2.24) is 0 Å². The molecule has 0 aliphatic rings. The molecular formula is C20H26N2O4S. The summed E-state index contributed by atoms with van der Waals surface area (Å²) in [6.07, 6.45) is 1.95. The maximum atomic E-state index is 13.0. The fraction of sp³-hybridized carbons (Fsp3) is 0.350. The van der Waals surface area contributed by atoms with Crippen molar-refractivity contribution in [3.05, 3.63) is 53.1 Å². The number of unbranched alkanes of at least 4 members (excludes halogenated alkanes) is 1. The van der Waals surface area contributed by atoms with Gasteiger partial charge in [0.2, 0.25) is 0 Å². The number of nitrogens with zero attached hydrogens (tertiary/aromatic N) is 1. The van der Waals surface area contributed by atoms with E-state index >= 15 is 0 Å². The molecule has 2 aromatic carbocycles. The molecule has 146 valence electrons. The number of hydrogen-bond donors (Lipinski definition) is 2. The van der Waals surface area contributed by atoms with Gasteiger partial charge in [0.15, 0.2) is 0 Å². The van der Waals surface area contributed by atoms with Crippen molar-refractivity contribution in [2.24, 2.45) is 0 Å². The van der Waals surface area contributed by atoms with Crippen LogP contribution < -0.4 is 9.62 Å². The highest BCUT2D eigenvalue weighted by Gasteiger charge is 2.21. The van der Waals surface area contributed by atoms with Crippen LogP contribution in [0.2, 0.25) is 0 Å². The summed E-state index contributed by atoms with van der Waals surface area (Å²) in [5, 5.41) is 9.29. The van der Waals surface area contributed by atoms with E-state index in [1.165, 1.54) is 12.1 Å². The molecule has 0 aromatic heterocycles. The van der Waals surface area contributed by atoms with Crippen LogP contribution in [-0.2, 0) is 10.0 Å². The van der Waals surface area contributed by atoms with Crippen molar-refractivity contribution in [2.75, 3.05) is 23.2 Å². The minimum Gasteiger partial charge on any atom is -0.478 e. The largest absolute Gasteiger partial charge is 0.478 e. The molecule has 0 amide bonds. The first kappa shape index (κ1) is 20.8. The Balaban J connectivity index is 2.49. The Bertz CT molecular complexity index is 939. The van der Waals surface area contributed by atoms with Crippen LogP contribution in [0.4, 0.5) is 11.4 Å². The van der Waals surface area contributed by atoms with Gasteiger partial charge in [0, 0.05) is 13.6 Å². The van der Waals surface area contributed by atoms with E-state index in [9.17, 15) is 18.3 Å². The molecule has 0 heterocycles. The first-order chi connectivity index (χ1) is 12.7. The molecule has 2 rings (SSSR count). The van der Waals surface area contributed by atoms with Gasteiger partial charge in [0.1, 0.15) is 0 Å². The van der Waals surface area contributed by atoms with Gasteiger partial charge in [-0.25, -0.2) is 13.2 Å². The Labute approximate surface area is 160 Å². The lowest BCUT2D eigenvalue weighted by Gasteiger charge is -2.23. The Morgan fingerprint density at radius 1 is 1.15 bits per heavy atom. The molecule has 6 nitrogen and oxygen atoms in total. The summed E-state index contributed by atoms with van der Waals surface area (Å²) in [5.74, 6) is -1.11. The zero-order valence-corrected chi connectivity index (χ0v) is 16.9. The highest BCUT2D eigenvalue weighted by atomic mass is 32.2. The number of nitrogens with one attached hydrogen (secondary N) is 1. The average molecular weight is 391 g/mol. The molecule has 0 spiro atoms. The van der Waals surface area contributed by atoms with E-state index in [1.54, 1.807) is 25.1 Å². The number of benzene rings is 2. The molecule has 0 saturated heterocycles. The molecule has 0 atom stereocenters. The first-order valence-corrected chi connectivity index (χ1v) is 10.3. The van der Waals surface area contributed by atoms with E-state index in [0.717, 1.165) is 24.9 Å². The van der Waals surface area contributed by atoms with Crippen LogP contribution in [0, 0.1) is 13.8 Å². The van der Waals surface area contributed by atoms with Crippen LogP contribution in [0.15, 0.2) is 41.3 Å². The van der Waals surface area contributed by atoms with E-state index in [0.29, 0.717) is 11.3 Å². The summed E-state index contributed by atoms with van der Waals surface area (Å²) in [5.41, 5.74) is 2.39. The fourth-order valence-corrected chi connectivity index (χ4v) is 4.19. The fourth-order valence-electron chi connectivity index (χ4n) is 2.80. The molecule has 0 unspecified atom stereocenters. The maximum Gasteiger partial charge on any atom is 0.335 e. The number of sulfonamides is 1. The topological polar surface area (TPSA) is 86.7 Å². The highest BCUT2D eigenvalue weighted by molar-refractivity contribution is 7.92. The molecule has 0 fully saturated rings. The van der Waals surface area contributed by atoms with Crippen LogP contribution in [0.3, 0.4) is 0 Å². The summed E-state index contributed by atoms with van der Waals surface area (Å²) in [4.78, 5) is 13.5. The molecule has 0 aliphatic heterocycles. The molecule has 27 heavy (non-hydrogen) atoms. The smallest absolute Gasteiger partial charge is 0.335 e. The Kier molecular flexibility index (Phi) is 6.49. The average Bonchev–Trinajstić information content (AvgIpc) is 2.61. The van der Waals surface area contributed by atoms with Gasteiger partial charge >= 0.3 is 5.97 Å². The highest BCUT2D eigenvalue weighted by Crippen LogP contribution is 2.30. The number of anilines is 2. The molecule has 0 radical (unpaired) electrons. The van der Waals surface area contributed by atoms with Gasteiger partial charge in [-0.3, -0.25) is 4.72 Å². The van der Waals surface area contributed by atoms with E-state index in [2.05, 4.69) is 11.6 Å². The molecule has 7 heteroatoms. The minimum atomic E-state index is -3.86. The monoisotopic (exact) mass is 390 g/mol. The van der Waals surface area contributed by atoms with E-state index in [-0.39, 0.29) is 16.1 Å². The molecule has 0 bridgehead atoms. The normalized spacial score (nSPS) is 11.3. The van der Waals surface area contributed by atoms with Gasteiger partial charge < -0.3 is 10.0 Å². The number of carbonyl (C=O) groups is 1. The SMILES string of the molecule is CCCCN(C)c1ccc(C(=O)O)cc1NS(=O)(=O)c1cc(C)ccc1C. The lowest BCUT2D eigenvalue weighted by atomic mass is 10.1. The predicted octanol–water partition coefficient (Wildman–Crippen LogP) is 4.04. The van der Waals surface area contributed by atoms with Crippen LogP contribution in [0.25, 0.3) is 0 Å². The zero-order valence-electron chi connectivity index (χ0n) is 16.1. The number of carboxylic acids is 1. The first-order valence-electron chi connectivity index (χ1n) is 8.84. The molecule has 2 aromatic rings. The van der Waals surface area contributed by atoms with Crippen LogP contribution in [0.1, 0.15) is 41.3 Å². The number of carboxylic acid groups (broad SMARTS) is 1. The van der Waals surface area contributed by atoms with E-state index in [1.807, 2.05) is 24.9 Å². The summed E-state index contributed by atoms with van der Waals surface area (Å²) in [7, 11) is -1.99. The lowest BCUT2D eigenvalue weighted by Crippen LogP contribution is -2.22. The van der Waals surface area contributed by atoms with Gasteiger partial charge in [-0.05, 0) is 55.7 Å². The van der Waals surface area contributed by atoms with Crippen LogP contribution in [-0.4, -0.2) is 33.1 Å². The van der Waals surface area contributed by atoms with Gasteiger partial charge in [-0.15, -0.1) is 0 Å². The Hall–Kier alpha value is -2.54. The summed E-state index contributed by atoms with van der Waals surface area (Å²) >= 11 is 0. The molecular weight excluding hydrogens is 364 g/mol.